The smallest absolute Gasteiger partial charge is 0.257 e. The molecule has 2 rings (SSSR count). The molecule has 0 aromatic heterocycles. The highest BCUT2D eigenvalue weighted by atomic mass is 16.5. The first-order chi connectivity index (χ1) is 10.0. The molecule has 0 aliphatic carbocycles. The predicted molar refractivity (Wildman–Crippen MR) is 79.6 cm³/mol. The monoisotopic (exact) mass is 293 g/mol. The van der Waals surface area contributed by atoms with Gasteiger partial charge in [0.15, 0.2) is 0 Å². The van der Waals surface area contributed by atoms with Crippen molar-refractivity contribution in [1.29, 1.82) is 0 Å². The number of hydrogen-bond acceptors (Lipinski definition) is 4. The van der Waals surface area contributed by atoms with Crippen molar-refractivity contribution < 1.29 is 19.7 Å². The molecular formula is C16H23NO4. The van der Waals surface area contributed by atoms with Gasteiger partial charge in [-0.1, -0.05) is 0 Å². The molecule has 116 valence electrons. The number of benzene rings is 1. The number of nitrogens with zero attached hydrogens (tertiary/aromatic N) is 1. The highest BCUT2D eigenvalue weighted by molar-refractivity contribution is 5.97. The number of hydrogen-bond donors (Lipinski definition) is 2. The van der Waals surface area contributed by atoms with Gasteiger partial charge in [-0.2, -0.15) is 0 Å². The van der Waals surface area contributed by atoms with Crippen LogP contribution in [0, 0.1) is 0 Å². The third-order valence-electron chi connectivity index (χ3n) is 3.94. The maximum Gasteiger partial charge on any atom is 0.257 e. The maximum absolute atomic E-state index is 12.7. The van der Waals surface area contributed by atoms with Crippen LogP contribution in [-0.2, 0) is 0 Å². The SMILES string of the molecule is COc1ccc(O)c(C(=O)N2CCCCC2CC(C)O)c1. The lowest BCUT2D eigenvalue weighted by Crippen LogP contribution is -2.45. The maximum atomic E-state index is 12.7. The lowest BCUT2D eigenvalue weighted by atomic mass is 9.96. The number of aliphatic hydroxyl groups excluding tert-OH is 1. The number of likely N-dealkylation sites (tertiary alicyclic amines) is 1. The second-order valence-corrected chi connectivity index (χ2v) is 5.62. The largest absolute Gasteiger partial charge is 0.507 e. The van der Waals surface area contributed by atoms with Crippen LogP contribution in [0.5, 0.6) is 11.5 Å². The number of aliphatic hydroxyl groups is 1. The lowest BCUT2D eigenvalue weighted by Gasteiger charge is -2.36. The summed E-state index contributed by atoms with van der Waals surface area (Å²) in [4.78, 5) is 14.5. The summed E-state index contributed by atoms with van der Waals surface area (Å²) < 4.78 is 5.12. The number of rotatable bonds is 4. The van der Waals surface area contributed by atoms with Crippen LogP contribution in [0.2, 0.25) is 0 Å². The van der Waals surface area contributed by atoms with Gasteiger partial charge in [0.2, 0.25) is 0 Å². The van der Waals surface area contributed by atoms with Gasteiger partial charge in [-0.25, -0.2) is 0 Å². The Morgan fingerprint density at radius 2 is 2.24 bits per heavy atom. The summed E-state index contributed by atoms with van der Waals surface area (Å²) in [5, 5.41) is 19.6. The molecule has 2 atom stereocenters. The summed E-state index contributed by atoms with van der Waals surface area (Å²) >= 11 is 0. The van der Waals surface area contributed by atoms with Crippen LogP contribution in [0.4, 0.5) is 0 Å². The number of phenolic OH excluding ortho intramolecular Hbond substituents is 1. The van der Waals surface area contributed by atoms with E-state index in [2.05, 4.69) is 0 Å². The van der Waals surface area contributed by atoms with Gasteiger partial charge in [0.1, 0.15) is 11.5 Å². The molecule has 0 spiro atoms. The van der Waals surface area contributed by atoms with E-state index in [1.54, 1.807) is 24.0 Å². The molecule has 1 aromatic rings. The molecule has 21 heavy (non-hydrogen) atoms. The van der Waals surface area contributed by atoms with Crippen molar-refractivity contribution in [3.8, 4) is 11.5 Å². The quantitative estimate of drug-likeness (QED) is 0.892. The number of carbonyl (C=O) groups is 1. The Morgan fingerprint density at radius 3 is 2.90 bits per heavy atom. The van der Waals surface area contributed by atoms with Gasteiger partial charge in [-0.05, 0) is 50.8 Å². The zero-order valence-electron chi connectivity index (χ0n) is 12.6. The van der Waals surface area contributed by atoms with E-state index in [0.717, 1.165) is 19.3 Å². The molecule has 1 heterocycles. The normalized spacial score (nSPS) is 20.1. The highest BCUT2D eigenvalue weighted by Gasteiger charge is 2.29. The summed E-state index contributed by atoms with van der Waals surface area (Å²) in [5.74, 6) is 0.305. The Bertz CT molecular complexity index is 501. The van der Waals surface area contributed by atoms with Crippen LogP contribution in [0.25, 0.3) is 0 Å². The second-order valence-electron chi connectivity index (χ2n) is 5.62. The molecule has 1 aliphatic heterocycles. The number of aromatic hydroxyl groups is 1. The van der Waals surface area contributed by atoms with E-state index in [0.29, 0.717) is 18.7 Å². The van der Waals surface area contributed by atoms with Gasteiger partial charge in [-0.3, -0.25) is 4.79 Å². The van der Waals surface area contributed by atoms with Crippen LogP contribution >= 0.6 is 0 Å². The van der Waals surface area contributed by atoms with Crippen LogP contribution < -0.4 is 4.74 Å². The molecule has 1 amide bonds. The summed E-state index contributed by atoms with van der Waals surface area (Å²) in [6.07, 6.45) is 3.03. The van der Waals surface area contributed by atoms with Crippen molar-refractivity contribution >= 4 is 5.91 Å². The summed E-state index contributed by atoms with van der Waals surface area (Å²) in [6, 6.07) is 4.68. The van der Waals surface area contributed by atoms with Gasteiger partial charge in [0.25, 0.3) is 5.91 Å². The fraction of sp³-hybridized carbons (Fsp3) is 0.562. The van der Waals surface area contributed by atoms with Gasteiger partial charge in [-0.15, -0.1) is 0 Å². The van der Waals surface area contributed by atoms with Crippen molar-refractivity contribution in [3.05, 3.63) is 23.8 Å². The minimum atomic E-state index is -0.442. The third-order valence-corrected chi connectivity index (χ3v) is 3.94. The Hall–Kier alpha value is -1.75. The molecule has 5 heteroatoms. The van der Waals surface area contributed by atoms with E-state index in [1.807, 2.05) is 0 Å². The van der Waals surface area contributed by atoms with Crippen molar-refractivity contribution in [2.75, 3.05) is 13.7 Å². The molecule has 2 unspecified atom stereocenters. The average molecular weight is 293 g/mol. The Morgan fingerprint density at radius 1 is 1.48 bits per heavy atom. The van der Waals surface area contributed by atoms with E-state index in [4.69, 9.17) is 4.74 Å². The third kappa shape index (κ3) is 3.67. The first-order valence-electron chi connectivity index (χ1n) is 7.39. The lowest BCUT2D eigenvalue weighted by molar-refractivity contribution is 0.0512. The standard InChI is InChI=1S/C16H23NO4/c1-11(18)9-12-5-3-4-8-17(12)16(20)14-10-13(21-2)6-7-15(14)19/h6-7,10-12,18-19H,3-5,8-9H2,1-2H3. The van der Waals surface area contributed by atoms with Crippen LogP contribution in [0.15, 0.2) is 18.2 Å². The molecule has 1 aromatic carbocycles. The van der Waals surface area contributed by atoms with Crippen molar-refractivity contribution in [1.82, 2.24) is 4.90 Å². The minimum Gasteiger partial charge on any atom is -0.507 e. The Kier molecular flexibility index (Phi) is 5.07. The number of piperidine rings is 1. The van der Waals surface area contributed by atoms with Crippen molar-refractivity contribution in [2.24, 2.45) is 0 Å². The molecule has 0 saturated carbocycles. The number of ether oxygens (including phenoxy) is 1. The number of methoxy groups -OCH3 is 1. The topological polar surface area (TPSA) is 70.0 Å². The minimum absolute atomic E-state index is 0.0249. The van der Waals surface area contributed by atoms with E-state index >= 15 is 0 Å². The van der Waals surface area contributed by atoms with E-state index in [-0.39, 0.29) is 23.3 Å². The summed E-state index contributed by atoms with van der Waals surface area (Å²) in [5.41, 5.74) is 0.256. The summed E-state index contributed by atoms with van der Waals surface area (Å²) in [7, 11) is 1.53. The summed E-state index contributed by atoms with van der Waals surface area (Å²) in [6.45, 7) is 2.40. The fourth-order valence-corrected chi connectivity index (χ4v) is 2.87. The zero-order valence-corrected chi connectivity index (χ0v) is 12.6. The van der Waals surface area contributed by atoms with Gasteiger partial charge < -0.3 is 19.8 Å². The molecule has 1 fully saturated rings. The molecule has 5 nitrogen and oxygen atoms in total. The van der Waals surface area contributed by atoms with Crippen LogP contribution in [0.1, 0.15) is 43.0 Å². The van der Waals surface area contributed by atoms with Crippen LogP contribution in [-0.4, -0.2) is 46.8 Å². The first kappa shape index (κ1) is 15.6. The predicted octanol–water partition coefficient (Wildman–Crippen LogP) is 2.17. The molecule has 2 N–H and O–H groups in total. The molecular weight excluding hydrogens is 270 g/mol. The van der Waals surface area contributed by atoms with Gasteiger partial charge in [0, 0.05) is 12.6 Å². The Balaban J connectivity index is 2.24. The van der Waals surface area contributed by atoms with Gasteiger partial charge >= 0.3 is 0 Å². The van der Waals surface area contributed by atoms with E-state index in [9.17, 15) is 15.0 Å². The fourth-order valence-electron chi connectivity index (χ4n) is 2.87. The molecule has 1 aliphatic rings. The molecule has 1 saturated heterocycles. The first-order valence-corrected chi connectivity index (χ1v) is 7.39. The second kappa shape index (κ2) is 6.80. The van der Waals surface area contributed by atoms with Crippen LogP contribution in [0.3, 0.4) is 0 Å². The Labute approximate surface area is 125 Å². The molecule has 0 bridgehead atoms. The van der Waals surface area contributed by atoms with E-state index in [1.165, 1.54) is 13.2 Å². The number of carbonyl (C=O) groups excluding carboxylic acids is 1. The van der Waals surface area contributed by atoms with E-state index < -0.39 is 6.10 Å². The zero-order chi connectivity index (χ0) is 15.4. The highest BCUT2D eigenvalue weighted by Crippen LogP contribution is 2.28. The number of phenols is 1. The van der Waals surface area contributed by atoms with Crippen molar-refractivity contribution in [3.63, 3.8) is 0 Å². The number of amides is 1. The van der Waals surface area contributed by atoms with Crippen molar-refractivity contribution in [2.45, 2.75) is 44.8 Å². The molecule has 0 radical (unpaired) electrons. The average Bonchev–Trinajstić information content (AvgIpc) is 2.47. The van der Waals surface area contributed by atoms with Gasteiger partial charge in [0.05, 0.1) is 18.8 Å².